The predicted octanol–water partition coefficient (Wildman–Crippen LogP) is 4.57. The fourth-order valence-electron chi connectivity index (χ4n) is 6.50. The van der Waals surface area contributed by atoms with Crippen LogP contribution in [-0.2, 0) is 19.1 Å². The molecule has 1 saturated carbocycles. The van der Waals surface area contributed by atoms with Crippen LogP contribution in [0.2, 0.25) is 0 Å². The summed E-state index contributed by atoms with van der Waals surface area (Å²) in [7, 11) is 0. The van der Waals surface area contributed by atoms with Gasteiger partial charge in [0, 0.05) is 22.7 Å². The number of nitrogens with zero attached hydrogens (tertiary/aromatic N) is 1. The topological polar surface area (TPSA) is 87.7 Å². The lowest BCUT2D eigenvalue weighted by Gasteiger charge is -2.34. The van der Waals surface area contributed by atoms with Crippen LogP contribution in [0.1, 0.15) is 64.7 Å². The van der Waals surface area contributed by atoms with Gasteiger partial charge in [0.25, 0.3) is 0 Å². The number of halogens is 1. The van der Waals surface area contributed by atoms with Crippen molar-refractivity contribution in [1.82, 2.24) is 10.2 Å². The van der Waals surface area contributed by atoms with Crippen LogP contribution >= 0.6 is 15.9 Å². The third kappa shape index (κ3) is 4.62. The molecule has 1 aliphatic carbocycles. The molecule has 3 fully saturated rings. The number of hydrogen-bond acceptors (Lipinski definition) is 4. The van der Waals surface area contributed by atoms with Crippen LogP contribution in [0.5, 0.6) is 0 Å². The van der Waals surface area contributed by atoms with Crippen LogP contribution < -0.4 is 10.6 Å². The number of benzene rings is 1. The first-order chi connectivity index (χ1) is 17.4. The minimum absolute atomic E-state index is 0.137. The molecule has 2 N–H and O–H groups in total. The molecule has 3 amide bonds. The highest BCUT2D eigenvalue weighted by Crippen LogP contribution is 2.55. The molecule has 1 spiro atoms. The van der Waals surface area contributed by atoms with Crippen molar-refractivity contribution in [2.75, 3.05) is 11.9 Å². The number of carbonyl (C=O) groups is 3. The van der Waals surface area contributed by atoms with Crippen molar-refractivity contribution in [3.8, 4) is 0 Å². The molecule has 2 saturated heterocycles. The highest BCUT2D eigenvalue weighted by atomic mass is 79.9. The maximum Gasteiger partial charge on any atom is 0.246 e. The van der Waals surface area contributed by atoms with Crippen LogP contribution in [0, 0.1) is 11.8 Å². The van der Waals surface area contributed by atoms with E-state index in [0.717, 1.165) is 55.8 Å². The van der Waals surface area contributed by atoms with E-state index in [9.17, 15) is 14.4 Å². The largest absolute Gasteiger partial charge is 0.359 e. The van der Waals surface area contributed by atoms with Crippen molar-refractivity contribution in [2.24, 2.45) is 11.8 Å². The summed E-state index contributed by atoms with van der Waals surface area (Å²) >= 11 is 3.41. The number of anilines is 1. The summed E-state index contributed by atoms with van der Waals surface area (Å²) in [6.45, 7) is 2.65. The van der Waals surface area contributed by atoms with Gasteiger partial charge in [-0.15, -0.1) is 0 Å². The highest BCUT2D eigenvalue weighted by Gasteiger charge is 2.72. The zero-order valence-corrected chi connectivity index (χ0v) is 22.5. The van der Waals surface area contributed by atoms with Gasteiger partial charge in [-0.2, -0.15) is 0 Å². The van der Waals surface area contributed by atoms with Crippen molar-refractivity contribution in [3.05, 3.63) is 40.9 Å². The summed E-state index contributed by atoms with van der Waals surface area (Å²) in [5.41, 5.74) is -0.426. The molecule has 2 bridgehead atoms. The molecule has 3 aliphatic heterocycles. The van der Waals surface area contributed by atoms with Crippen molar-refractivity contribution in [2.45, 2.75) is 88.5 Å². The molecule has 0 aromatic heterocycles. The fourth-order valence-corrected chi connectivity index (χ4v) is 6.77. The van der Waals surface area contributed by atoms with E-state index in [1.165, 1.54) is 6.42 Å². The molecule has 0 radical (unpaired) electrons. The van der Waals surface area contributed by atoms with Gasteiger partial charge < -0.3 is 20.3 Å². The molecule has 1 aromatic carbocycles. The van der Waals surface area contributed by atoms with Gasteiger partial charge in [-0.1, -0.05) is 73.5 Å². The van der Waals surface area contributed by atoms with Crippen LogP contribution in [-0.4, -0.2) is 53.0 Å². The van der Waals surface area contributed by atoms with Gasteiger partial charge >= 0.3 is 0 Å². The monoisotopic (exact) mass is 557 g/mol. The van der Waals surface area contributed by atoms with Gasteiger partial charge in [-0.25, -0.2) is 0 Å². The number of carbonyl (C=O) groups excluding carboxylic acids is 3. The maximum atomic E-state index is 13.9. The Morgan fingerprint density at radius 2 is 1.83 bits per heavy atom. The van der Waals surface area contributed by atoms with Crippen LogP contribution in [0.25, 0.3) is 0 Å². The third-order valence-corrected chi connectivity index (χ3v) is 8.77. The van der Waals surface area contributed by atoms with Crippen LogP contribution in [0.4, 0.5) is 5.69 Å². The Balaban J connectivity index is 1.40. The predicted molar refractivity (Wildman–Crippen MR) is 141 cm³/mol. The first-order valence-electron chi connectivity index (χ1n) is 13.5. The van der Waals surface area contributed by atoms with Gasteiger partial charge in [0.2, 0.25) is 17.7 Å². The summed E-state index contributed by atoms with van der Waals surface area (Å²) in [6.07, 6.45) is 12.6. The average molecular weight is 559 g/mol. The minimum atomic E-state index is -1.09. The number of fused-ring (bicyclic) bond motifs is 1. The van der Waals surface area contributed by atoms with E-state index < -0.39 is 29.6 Å². The summed E-state index contributed by atoms with van der Waals surface area (Å²) in [5.74, 6) is -1.90. The Labute approximate surface area is 221 Å². The Morgan fingerprint density at radius 3 is 2.56 bits per heavy atom. The van der Waals surface area contributed by atoms with Crippen molar-refractivity contribution in [1.29, 1.82) is 0 Å². The van der Waals surface area contributed by atoms with Crippen molar-refractivity contribution >= 4 is 39.3 Å². The average Bonchev–Trinajstić information content (AvgIpc) is 3.51. The number of nitrogens with one attached hydrogen (secondary N) is 2. The number of likely N-dealkylation sites (tertiary alicyclic amines) is 1. The van der Waals surface area contributed by atoms with E-state index in [1.54, 1.807) is 4.90 Å². The Kier molecular flexibility index (Phi) is 7.54. The molecule has 3 heterocycles. The first kappa shape index (κ1) is 25.5. The van der Waals surface area contributed by atoms with Gasteiger partial charge in [-0.05, 0) is 43.5 Å². The number of unbranched alkanes of at least 4 members (excludes halogenated alkanes) is 3. The first-order valence-corrected chi connectivity index (χ1v) is 14.3. The zero-order valence-electron chi connectivity index (χ0n) is 20.9. The molecular formula is C28H36BrN3O4. The number of hydrogen-bond donors (Lipinski definition) is 2. The summed E-state index contributed by atoms with van der Waals surface area (Å²) in [5, 5.41) is 6.21. The lowest BCUT2D eigenvalue weighted by molar-refractivity contribution is -0.141. The van der Waals surface area contributed by atoms with E-state index in [-0.39, 0.29) is 23.8 Å². The SMILES string of the molecule is CCCCCCN1C(=O)[C@H]2[C@H](C(=O)Nc3ccc(Br)cc3)[C@H]3C=C[C@@]2(O3)[C@H]1C(=O)NC1CCCCC1. The van der Waals surface area contributed by atoms with E-state index in [1.807, 2.05) is 36.4 Å². The highest BCUT2D eigenvalue weighted by molar-refractivity contribution is 9.10. The minimum Gasteiger partial charge on any atom is -0.359 e. The summed E-state index contributed by atoms with van der Waals surface area (Å²) < 4.78 is 7.34. The van der Waals surface area contributed by atoms with Crippen molar-refractivity contribution < 1.29 is 19.1 Å². The molecule has 7 nitrogen and oxygen atoms in total. The Hall–Kier alpha value is -2.19. The summed E-state index contributed by atoms with van der Waals surface area (Å²) in [6, 6.07) is 6.75. The molecule has 194 valence electrons. The van der Waals surface area contributed by atoms with Gasteiger partial charge in [-0.3, -0.25) is 14.4 Å². The number of rotatable bonds is 9. The molecule has 0 unspecified atom stereocenters. The van der Waals surface area contributed by atoms with Crippen molar-refractivity contribution in [3.63, 3.8) is 0 Å². The second kappa shape index (κ2) is 10.7. The third-order valence-electron chi connectivity index (χ3n) is 8.24. The fraction of sp³-hybridized carbons (Fsp3) is 0.607. The Bertz CT molecular complexity index is 1020. The Morgan fingerprint density at radius 1 is 1.08 bits per heavy atom. The molecule has 4 aliphatic rings. The molecule has 5 rings (SSSR count). The van der Waals surface area contributed by atoms with Gasteiger partial charge in [0.1, 0.15) is 11.6 Å². The lowest BCUT2D eigenvalue weighted by Crippen LogP contribution is -2.56. The van der Waals surface area contributed by atoms with E-state index in [0.29, 0.717) is 12.2 Å². The smallest absolute Gasteiger partial charge is 0.246 e. The molecular weight excluding hydrogens is 522 g/mol. The quantitative estimate of drug-likeness (QED) is 0.344. The van der Waals surface area contributed by atoms with Gasteiger partial charge in [0.15, 0.2) is 0 Å². The van der Waals surface area contributed by atoms with Crippen LogP contribution in [0.3, 0.4) is 0 Å². The van der Waals surface area contributed by atoms with E-state index in [4.69, 9.17) is 4.74 Å². The summed E-state index contributed by atoms with van der Waals surface area (Å²) in [4.78, 5) is 42.8. The molecule has 5 atom stereocenters. The second-order valence-corrected chi connectivity index (χ2v) is 11.5. The molecule has 1 aromatic rings. The van der Waals surface area contributed by atoms with Gasteiger partial charge in [0.05, 0.1) is 17.9 Å². The van der Waals surface area contributed by atoms with E-state index in [2.05, 4.69) is 33.5 Å². The standard InChI is InChI=1S/C28H36BrN3O4/c1-2-3-4-8-17-32-24(26(34)31-19-9-6-5-7-10-19)28-16-15-21(36-28)22(23(28)27(32)35)25(33)30-20-13-11-18(29)12-14-20/h11-16,19,21-24H,2-10,17H2,1H3,(H,30,33)(H,31,34)/t21-,22-,23-,24-,28+/m1/s1. The lowest BCUT2D eigenvalue weighted by atomic mass is 9.74. The molecule has 36 heavy (non-hydrogen) atoms. The van der Waals surface area contributed by atoms with Crippen LogP contribution in [0.15, 0.2) is 40.9 Å². The normalized spacial score (nSPS) is 31.1. The molecule has 8 heteroatoms. The second-order valence-electron chi connectivity index (χ2n) is 10.6. The zero-order chi connectivity index (χ0) is 25.3. The van der Waals surface area contributed by atoms with E-state index >= 15 is 0 Å². The maximum absolute atomic E-state index is 13.9. The number of amides is 3. The number of ether oxygens (including phenoxy) is 1.